The number of nitrogens with zero attached hydrogens (tertiary/aromatic N) is 4. The normalized spacial score (nSPS) is 10.4. The van der Waals surface area contributed by atoms with Crippen molar-refractivity contribution in [3.8, 4) is 0 Å². The minimum absolute atomic E-state index is 0. The molecule has 0 bridgehead atoms. The molecule has 6 aromatic rings. The van der Waals surface area contributed by atoms with Crippen LogP contribution in [0.3, 0.4) is 0 Å². The number of pyridine rings is 4. The third-order valence-corrected chi connectivity index (χ3v) is 5.01. The first-order valence-electron chi connectivity index (χ1n) is 11.4. The topological polar surface area (TPSA) is 172 Å². The van der Waals surface area contributed by atoms with Crippen molar-refractivity contribution < 1.29 is 47.2 Å². The monoisotopic (exact) mass is 596 g/mol. The molecule has 0 atom stereocenters. The van der Waals surface area contributed by atoms with Gasteiger partial charge in [0.1, 0.15) is 0 Å². The average Bonchev–Trinajstić information content (AvgIpc) is 2.93. The van der Waals surface area contributed by atoms with E-state index in [9.17, 15) is 0 Å². The molecule has 0 unspecified atom stereocenters. The number of fused-ring (bicyclic) bond motifs is 6. The number of aliphatic hydroxyl groups excluding tert-OH is 2. The molecule has 0 aliphatic carbocycles. The number of benzene rings is 2. The summed E-state index contributed by atoms with van der Waals surface area (Å²) < 4.78 is 34.1. The average molecular weight is 598 g/mol. The second-order valence-electron chi connectivity index (χ2n) is 7.64. The molecular formula is C27H24N4O6SZn. The van der Waals surface area contributed by atoms with Crippen LogP contribution in [0.15, 0.2) is 97.6 Å². The van der Waals surface area contributed by atoms with Gasteiger partial charge < -0.3 is 19.3 Å². The van der Waals surface area contributed by atoms with E-state index < -0.39 is 10.4 Å². The third kappa shape index (κ3) is 9.95. The smallest absolute Gasteiger partial charge is 0.759 e. The van der Waals surface area contributed by atoms with Crippen LogP contribution >= 0.6 is 0 Å². The molecule has 12 heteroatoms. The van der Waals surface area contributed by atoms with Gasteiger partial charge in [0.2, 0.25) is 0 Å². The summed E-state index contributed by atoms with van der Waals surface area (Å²) in [6.45, 7) is 0.188. The van der Waals surface area contributed by atoms with Gasteiger partial charge in [-0.15, -0.1) is 0 Å². The van der Waals surface area contributed by atoms with Gasteiger partial charge in [-0.1, -0.05) is 48.5 Å². The molecule has 6 rings (SSSR count). The van der Waals surface area contributed by atoms with Crippen LogP contribution in [0.5, 0.6) is 0 Å². The van der Waals surface area contributed by atoms with Crippen molar-refractivity contribution in [3.63, 3.8) is 0 Å². The summed E-state index contributed by atoms with van der Waals surface area (Å²) in [6, 6.07) is 24.3. The Balaban J connectivity index is 0.000000202. The maximum absolute atomic E-state index is 8.52. The summed E-state index contributed by atoms with van der Waals surface area (Å²) in [4.78, 5) is 17.4. The van der Waals surface area contributed by atoms with E-state index in [2.05, 4.69) is 68.5 Å². The zero-order valence-corrected chi connectivity index (χ0v) is 24.6. The molecule has 0 radical (unpaired) electrons. The Morgan fingerprint density at radius 2 is 0.769 bits per heavy atom. The van der Waals surface area contributed by atoms with E-state index in [1.807, 2.05) is 24.3 Å². The molecule has 0 fully saturated rings. The van der Waals surface area contributed by atoms with Crippen LogP contribution in [-0.2, 0) is 29.9 Å². The van der Waals surface area contributed by atoms with Gasteiger partial charge in [-0.2, -0.15) is 0 Å². The van der Waals surface area contributed by atoms with E-state index in [0.29, 0.717) is 6.42 Å². The molecule has 4 aromatic heterocycles. The molecule has 196 valence electrons. The van der Waals surface area contributed by atoms with Crippen LogP contribution < -0.4 is 0 Å². The fourth-order valence-corrected chi connectivity index (χ4v) is 3.43. The maximum Gasteiger partial charge on any atom is 2.00 e. The number of hydrogen-bond acceptors (Lipinski definition) is 10. The molecule has 10 nitrogen and oxygen atoms in total. The van der Waals surface area contributed by atoms with Crippen LogP contribution in [0.25, 0.3) is 43.6 Å². The van der Waals surface area contributed by atoms with E-state index in [0.717, 1.165) is 43.6 Å². The van der Waals surface area contributed by atoms with Gasteiger partial charge in [0.15, 0.2) is 0 Å². The Hall–Kier alpha value is -3.51. The first kappa shape index (κ1) is 31.7. The third-order valence-electron chi connectivity index (χ3n) is 5.01. The summed E-state index contributed by atoms with van der Waals surface area (Å²) in [5, 5.41) is 20.4. The molecule has 0 saturated carbocycles. The van der Waals surface area contributed by atoms with Crippen LogP contribution in [0.4, 0.5) is 0 Å². The minimum atomic E-state index is -5.17. The molecule has 2 aromatic carbocycles. The van der Waals surface area contributed by atoms with Gasteiger partial charge in [-0.05, 0) is 30.7 Å². The fourth-order valence-electron chi connectivity index (χ4n) is 3.43. The van der Waals surface area contributed by atoms with Crippen LogP contribution in [-0.4, -0.2) is 60.9 Å². The van der Waals surface area contributed by atoms with Crippen molar-refractivity contribution in [1.29, 1.82) is 0 Å². The van der Waals surface area contributed by atoms with Crippen LogP contribution in [0.1, 0.15) is 6.42 Å². The predicted octanol–water partition coefficient (Wildman–Crippen LogP) is 3.59. The van der Waals surface area contributed by atoms with Crippen LogP contribution in [0, 0.1) is 0 Å². The van der Waals surface area contributed by atoms with Crippen molar-refractivity contribution in [1.82, 2.24) is 19.9 Å². The number of aliphatic hydroxyl groups is 2. The molecule has 39 heavy (non-hydrogen) atoms. The number of aromatic nitrogens is 4. The SMILES string of the molecule is O=S(=O)([O-])[O-].OCCCO.[Zn+2].c1cnc2c(c1)ccc1cccnc12.c1cnc2c(c1)ccc1cccnc12. The molecule has 2 N–H and O–H groups in total. The van der Waals surface area contributed by atoms with E-state index in [1.54, 1.807) is 24.8 Å². The van der Waals surface area contributed by atoms with E-state index in [-0.39, 0.29) is 32.7 Å². The second-order valence-corrected chi connectivity index (χ2v) is 8.46. The van der Waals surface area contributed by atoms with Gasteiger partial charge in [0.25, 0.3) is 0 Å². The molecule has 0 aliphatic rings. The first-order chi connectivity index (χ1) is 18.3. The summed E-state index contributed by atoms with van der Waals surface area (Å²) in [7, 11) is -5.17. The Kier molecular flexibility index (Phi) is 12.8. The van der Waals surface area contributed by atoms with Crippen LogP contribution in [0.2, 0.25) is 0 Å². The summed E-state index contributed by atoms with van der Waals surface area (Å²) in [5.74, 6) is 0. The Morgan fingerprint density at radius 1 is 0.538 bits per heavy atom. The fraction of sp³-hybridized carbons (Fsp3) is 0.111. The molecule has 4 heterocycles. The first-order valence-corrected chi connectivity index (χ1v) is 12.7. The Labute approximate surface area is 237 Å². The maximum atomic E-state index is 8.52. The van der Waals surface area contributed by atoms with Gasteiger partial charge in [0.05, 0.1) is 22.1 Å². The standard InChI is InChI=1S/2C12H8N2.C3H8O2.H2O4S.Zn/c2*1-3-9-5-6-10-4-2-8-14-12(10)11(9)13-7-1;4-2-1-3-5;1-5(2,3)4;/h2*1-8H;4-5H,1-3H2;(H2,1,2,3,4);/q;;;;+2/p-2. The second kappa shape index (κ2) is 15.8. The molecule has 0 aliphatic heterocycles. The number of rotatable bonds is 2. The van der Waals surface area contributed by atoms with E-state index in [4.69, 9.17) is 27.7 Å². The van der Waals surface area contributed by atoms with Crippen molar-refractivity contribution in [2.75, 3.05) is 13.2 Å². The predicted molar refractivity (Wildman–Crippen MR) is 143 cm³/mol. The summed E-state index contributed by atoms with van der Waals surface area (Å²) >= 11 is 0. The minimum Gasteiger partial charge on any atom is -0.759 e. The molecule has 0 spiro atoms. The Bertz CT molecular complexity index is 1510. The van der Waals surface area contributed by atoms with E-state index in [1.165, 1.54) is 0 Å². The van der Waals surface area contributed by atoms with Crippen molar-refractivity contribution in [2.24, 2.45) is 0 Å². The van der Waals surface area contributed by atoms with E-state index >= 15 is 0 Å². The quantitative estimate of drug-likeness (QED) is 0.130. The summed E-state index contributed by atoms with van der Waals surface area (Å²) in [5.41, 5.74) is 3.91. The van der Waals surface area contributed by atoms with Gasteiger partial charge in [0, 0.05) is 69.9 Å². The molecule has 0 amide bonds. The van der Waals surface area contributed by atoms with Gasteiger partial charge in [-0.25, -0.2) is 0 Å². The zero-order chi connectivity index (χ0) is 27.4. The number of hydrogen-bond donors (Lipinski definition) is 2. The van der Waals surface area contributed by atoms with Gasteiger partial charge >= 0.3 is 19.5 Å². The van der Waals surface area contributed by atoms with Crippen molar-refractivity contribution in [2.45, 2.75) is 6.42 Å². The zero-order valence-electron chi connectivity index (χ0n) is 20.8. The summed E-state index contributed by atoms with van der Waals surface area (Å²) in [6.07, 6.45) is 7.71. The molecule has 0 saturated heterocycles. The van der Waals surface area contributed by atoms with Crippen molar-refractivity contribution >= 4 is 54.0 Å². The van der Waals surface area contributed by atoms with Gasteiger partial charge in [-0.3, -0.25) is 28.4 Å². The molecular weight excluding hydrogens is 574 g/mol. The Morgan fingerprint density at radius 3 is 0.949 bits per heavy atom. The van der Waals surface area contributed by atoms with Crippen molar-refractivity contribution in [3.05, 3.63) is 97.6 Å². The largest absolute Gasteiger partial charge is 2.00 e.